The molecule has 0 unspecified atom stereocenters. The summed E-state index contributed by atoms with van der Waals surface area (Å²) in [6.07, 6.45) is 0.813. The molecule has 1 aromatic carbocycles. The van der Waals surface area contributed by atoms with Crippen molar-refractivity contribution in [1.29, 1.82) is 0 Å². The van der Waals surface area contributed by atoms with Crippen LogP contribution in [0.3, 0.4) is 0 Å². The molecule has 5 heteroatoms. The summed E-state index contributed by atoms with van der Waals surface area (Å²) in [5, 5.41) is 0. The van der Waals surface area contributed by atoms with Crippen LogP contribution in [0.5, 0.6) is 0 Å². The Bertz CT molecular complexity index is 438. The molecule has 0 radical (unpaired) electrons. The summed E-state index contributed by atoms with van der Waals surface area (Å²) in [7, 11) is 0. The van der Waals surface area contributed by atoms with Crippen molar-refractivity contribution in [2.45, 2.75) is 0 Å². The summed E-state index contributed by atoms with van der Waals surface area (Å²) in [4.78, 5) is 35.2. The van der Waals surface area contributed by atoms with E-state index >= 15 is 0 Å². The van der Waals surface area contributed by atoms with Crippen molar-refractivity contribution in [2.75, 3.05) is 18.1 Å². The van der Waals surface area contributed by atoms with Gasteiger partial charge in [0.05, 0.1) is 11.1 Å². The second-order valence-corrected chi connectivity index (χ2v) is 4.70. The van der Waals surface area contributed by atoms with E-state index in [0.29, 0.717) is 29.2 Å². The standard InChI is InChI=1S/C12H11NO3S/c14-6-8-17-7-5-13-11(15)9-3-1-2-4-10(9)12(13)16/h1-4,6H,5,7-8H2. The number of thioether (sulfide) groups is 1. The Morgan fingerprint density at radius 1 is 1.12 bits per heavy atom. The fourth-order valence-corrected chi connectivity index (χ4v) is 2.30. The zero-order chi connectivity index (χ0) is 12.3. The van der Waals surface area contributed by atoms with E-state index in [0.717, 1.165) is 6.29 Å². The SMILES string of the molecule is O=CCSCCN1C(=O)c2ccccc2C1=O. The highest BCUT2D eigenvalue weighted by molar-refractivity contribution is 7.99. The molecule has 0 saturated carbocycles. The third-order valence-electron chi connectivity index (χ3n) is 2.52. The van der Waals surface area contributed by atoms with Gasteiger partial charge in [0.1, 0.15) is 6.29 Å². The number of nitrogens with zero attached hydrogens (tertiary/aromatic N) is 1. The summed E-state index contributed by atoms with van der Waals surface area (Å²) in [6, 6.07) is 6.81. The van der Waals surface area contributed by atoms with Gasteiger partial charge in [-0.3, -0.25) is 14.5 Å². The Kier molecular flexibility index (Phi) is 3.58. The second kappa shape index (κ2) is 5.14. The van der Waals surface area contributed by atoms with E-state index in [2.05, 4.69) is 0 Å². The van der Waals surface area contributed by atoms with Gasteiger partial charge in [0.25, 0.3) is 11.8 Å². The number of hydrogen-bond acceptors (Lipinski definition) is 4. The first-order chi connectivity index (χ1) is 8.25. The predicted molar refractivity (Wildman–Crippen MR) is 65.2 cm³/mol. The van der Waals surface area contributed by atoms with E-state index in [-0.39, 0.29) is 11.8 Å². The number of carbonyl (C=O) groups excluding carboxylic acids is 3. The topological polar surface area (TPSA) is 54.5 Å². The summed E-state index contributed by atoms with van der Waals surface area (Å²) in [5.74, 6) is 0.502. The molecule has 2 amide bonds. The number of rotatable bonds is 5. The maximum atomic E-state index is 11.9. The lowest BCUT2D eigenvalue weighted by Crippen LogP contribution is -2.31. The fourth-order valence-electron chi connectivity index (χ4n) is 1.73. The second-order valence-electron chi connectivity index (χ2n) is 3.55. The molecule has 0 N–H and O–H groups in total. The summed E-state index contributed by atoms with van der Waals surface area (Å²) >= 11 is 1.41. The van der Waals surface area contributed by atoms with Crippen LogP contribution in [0.25, 0.3) is 0 Å². The van der Waals surface area contributed by atoms with Crippen molar-refractivity contribution in [3.63, 3.8) is 0 Å². The van der Waals surface area contributed by atoms with Crippen LogP contribution in [0.4, 0.5) is 0 Å². The highest BCUT2D eigenvalue weighted by Gasteiger charge is 2.34. The van der Waals surface area contributed by atoms with Gasteiger partial charge < -0.3 is 4.79 Å². The molecule has 1 aliphatic heterocycles. The van der Waals surface area contributed by atoms with Crippen molar-refractivity contribution < 1.29 is 14.4 Å². The minimum absolute atomic E-state index is 0.239. The molecule has 2 rings (SSSR count). The van der Waals surface area contributed by atoms with Gasteiger partial charge in [0, 0.05) is 18.1 Å². The largest absolute Gasteiger partial charge is 0.302 e. The number of hydrogen-bond donors (Lipinski definition) is 0. The van der Waals surface area contributed by atoms with Gasteiger partial charge in [0.15, 0.2) is 0 Å². The van der Waals surface area contributed by atoms with Crippen LogP contribution >= 0.6 is 11.8 Å². The predicted octanol–water partition coefficient (Wildman–Crippen LogP) is 1.21. The number of imide groups is 1. The first-order valence-corrected chi connectivity index (χ1v) is 6.38. The van der Waals surface area contributed by atoms with Crippen LogP contribution in [0.2, 0.25) is 0 Å². The van der Waals surface area contributed by atoms with Crippen molar-refractivity contribution in [3.05, 3.63) is 35.4 Å². The molecule has 0 spiro atoms. The van der Waals surface area contributed by atoms with Crippen LogP contribution in [0.15, 0.2) is 24.3 Å². The molecule has 1 aromatic rings. The third kappa shape index (κ3) is 2.24. The minimum atomic E-state index is -0.239. The third-order valence-corrected chi connectivity index (χ3v) is 3.37. The molecule has 0 fully saturated rings. The lowest BCUT2D eigenvalue weighted by atomic mass is 10.1. The van der Waals surface area contributed by atoms with Gasteiger partial charge in [-0.2, -0.15) is 11.8 Å². The lowest BCUT2D eigenvalue weighted by Gasteiger charge is -2.12. The van der Waals surface area contributed by atoms with Gasteiger partial charge in [-0.25, -0.2) is 0 Å². The summed E-state index contributed by atoms with van der Waals surface area (Å²) in [5.41, 5.74) is 0.941. The lowest BCUT2D eigenvalue weighted by molar-refractivity contribution is -0.105. The Morgan fingerprint density at radius 3 is 2.24 bits per heavy atom. The van der Waals surface area contributed by atoms with Crippen molar-refractivity contribution in [3.8, 4) is 0 Å². The van der Waals surface area contributed by atoms with Crippen molar-refractivity contribution in [2.24, 2.45) is 0 Å². The maximum absolute atomic E-state index is 11.9. The molecule has 0 aromatic heterocycles. The molecule has 17 heavy (non-hydrogen) atoms. The van der Waals surface area contributed by atoms with Crippen LogP contribution in [0, 0.1) is 0 Å². The molecular formula is C12H11NO3S. The van der Waals surface area contributed by atoms with Crippen LogP contribution in [0.1, 0.15) is 20.7 Å². The Hall–Kier alpha value is -1.62. The zero-order valence-electron chi connectivity index (χ0n) is 9.09. The van der Waals surface area contributed by atoms with E-state index in [9.17, 15) is 14.4 Å². The molecular weight excluding hydrogens is 238 g/mol. The van der Waals surface area contributed by atoms with E-state index in [1.807, 2.05) is 0 Å². The van der Waals surface area contributed by atoms with Gasteiger partial charge in [-0.05, 0) is 12.1 Å². The quantitative estimate of drug-likeness (QED) is 0.447. The van der Waals surface area contributed by atoms with Gasteiger partial charge >= 0.3 is 0 Å². The van der Waals surface area contributed by atoms with E-state index in [1.54, 1.807) is 24.3 Å². The van der Waals surface area contributed by atoms with E-state index in [1.165, 1.54) is 16.7 Å². The number of amides is 2. The highest BCUT2D eigenvalue weighted by Crippen LogP contribution is 2.22. The van der Waals surface area contributed by atoms with Crippen LogP contribution in [-0.2, 0) is 4.79 Å². The number of benzene rings is 1. The number of aldehydes is 1. The molecule has 0 atom stereocenters. The summed E-state index contributed by atoms with van der Waals surface area (Å²) < 4.78 is 0. The Labute approximate surface area is 103 Å². The Balaban J connectivity index is 2.05. The molecule has 4 nitrogen and oxygen atoms in total. The van der Waals surface area contributed by atoms with Crippen molar-refractivity contribution in [1.82, 2.24) is 4.90 Å². The Morgan fingerprint density at radius 2 is 1.71 bits per heavy atom. The first kappa shape index (κ1) is 11.9. The number of carbonyl (C=O) groups is 3. The van der Waals surface area contributed by atoms with E-state index in [4.69, 9.17) is 0 Å². The van der Waals surface area contributed by atoms with E-state index < -0.39 is 0 Å². The summed E-state index contributed by atoms with van der Waals surface area (Å²) in [6.45, 7) is 0.352. The molecule has 0 aliphatic carbocycles. The molecule has 1 heterocycles. The first-order valence-electron chi connectivity index (χ1n) is 5.22. The van der Waals surface area contributed by atoms with Gasteiger partial charge in [-0.1, -0.05) is 12.1 Å². The smallest absolute Gasteiger partial charge is 0.261 e. The average Bonchev–Trinajstić information content (AvgIpc) is 2.60. The number of fused-ring (bicyclic) bond motifs is 1. The molecule has 0 bridgehead atoms. The average molecular weight is 249 g/mol. The minimum Gasteiger partial charge on any atom is -0.302 e. The normalized spacial score (nSPS) is 14.0. The zero-order valence-corrected chi connectivity index (χ0v) is 9.90. The van der Waals surface area contributed by atoms with Crippen LogP contribution in [-0.4, -0.2) is 41.1 Å². The molecule has 88 valence electrons. The monoisotopic (exact) mass is 249 g/mol. The highest BCUT2D eigenvalue weighted by atomic mass is 32.2. The van der Waals surface area contributed by atoms with Gasteiger partial charge in [-0.15, -0.1) is 0 Å². The maximum Gasteiger partial charge on any atom is 0.261 e. The van der Waals surface area contributed by atoms with Gasteiger partial charge in [0.2, 0.25) is 0 Å². The fraction of sp³-hybridized carbons (Fsp3) is 0.250. The van der Waals surface area contributed by atoms with Crippen LogP contribution < -0.4 is 0 Å². The molecule has 1 aliphatic rings. The van der Waals surface area contributed by atoms with Crippen molar-refractivity contribution >= 4 is 29.9 Å². The molecule has 0 saturated heterocycles.